The molecule has 0 aromatic heterocycles. The molecule has 0 aliphatic heterocycles. The van der Waals surface area contributed by atoms with E-state index in [0.717, 1.165) is 37.0 Å². The summed E-state index contributed by atoms with van der Waals surface area (Å²) in [7, 11) is 0. The van der Waals surface area contributed by atoms with Gasteiger partial charge < -0.3 is 10.2 Å². The summed E-state index contributed by atoms with van der Waals surface area (Å²) in [6.45, 7) is 15.5. The summed E-state index contributed by atoms with van der Waals surface area (Å²) in [5, 5.41) is 23.7. The van der Waals surface area contributed by atoms with E-state index in [1.54, 1.807) is 0 Å². The molecule has 17 atom stereocenters. The number of alkyl halides is 1. The maximum Gasteiger partial charge on any atom is 0.178 e. The highest BCUT2D eigenvalue weighted by Crippen LogP contribution is 2.69. The van der Waals surface area contributed by atoms with Gasteiger partial charge in [-0.2, -0.15) is 0 Å². The van der Waals surface area contributed by atoms with E-state index in [1.165, 1.54) is 49.8 Å². The molecule has 5 heteroatoms. The van der Waals surface area contributed by atoms with Crippen LogP contribution in [0.1, 0.15) is 98.8 Å². The predicted octanol–water partition coefficient (Wildman–Crippen LogP) is 8.20. The summed E-state index contributed by atoms with van der Waals surface area (Å²) in [5.41, 5.74) is 1.08. The molecule has 48 heavy (non-hydrogen) atoms. The van der Waals surface area contributed by atoms with Crippen LogP contribution in [0.5, 0.6) is 0 Å². The van der Waals surface area contributed by atoms with Gasteiger partial charge in [0.2, 0.25) is 0 Å². The number of rotatable bonds is 4. The summed E-state index contributed by atoms with van der Waals surface area (Å²) >= 11 is 0. The number of allylic oxidation sites excluding steroid dienone is 6. The first kappa shape index (κ1) is 33.3. The maximum atomic E-state index is 15.9. The van der Waals surface area contributed by atoms with Crippen LogP contribution in [0.25, 0.3) is 0 Å². The van der Waals surface area contributed by atoms with Crippen LogP contribution in [0.4, 0.5) is 4.39 Å². The summed E-state index contributed by atoms with van der Waals surface area (Å²) in [5.74, 6) is 1.64. The zero-order chi connectivity index (χ0) is 34.1. The third-order valence-corrected chi connectivity index (χ3v) is 17.0. The molecular weight excluding hydrogens is 599 g/mol. The number of aliphatic hydroxyl groups excluding tert-OH is 2. The highest BCUT2D eigenvalue weighted by atomic mass is 19.1. The van der Waals surface area contributed by atoms with Gasteiger partial charge >= 0.3 is 0 Å². The van der Waals surface area contributed by atoms with Gasteiger partial charge in [0, 0.05) is 28.6 Å². The molecule has 0 aromatic carbocycles. The zero-order valence-electron chi connectivity index (χ0n) is 29.8. The fourth-order valence-electron chi connectivity index (χ4n) is 14.8. The maximum absolute atomic E-state index is 15.9. The van der Waals surface area contributed by atoms with Crippen LogP contribution >= 0.6 is 0 Å². The number of fused-ring (bicyclic) bond motifs is 10. The van der Waals surface area contributed by atoms with Gasteiger partial charge in [0.15, 0.2) is 11.6 Å². The van der Waals surface area contributed by atoms with E-state index >= 15 is 4.39 Å². The Bertz CT molecular complexity index is 1510. The number of carbonyl (C=O) groups is 2. The summed E-state index contributed by atoms with van der Waals surface area (Å²) in [6, 6.07) is 0. The molecule has 6 saturated carbocycles. The van der Waals surface area contributed by atoms with Crippen molar-refractivity contribution in [2.45, 2.75) is 117 Å². The lowest BCUT2D eigenvalue weighted by molar-refractivity contribution is -0.150. The van der Waals surface area contributed by atoms with Gasteiger partial charge in [0.25, 0.3) is 0 Å². The van der Waals surface area contributed by atoms with Crippen molar-refractivity contribution < 1.29 is 24.2 Å². The lowest BCUT2D eigenvalue weighted by Crippen LogP contribution is -2.58. The fraction of sp³-hybridized carbons (Fsp3) is 0.744. The second-order valence-corrected chi connectivity index (χ2v) is 18.9. The first-order valence-electron chi connectivity index (χ1n) is 19.4. The molecule has 8 aliphatic carbocycles. The highest BCUT2D eigenvalue weighted by molar-refractivity contribution is 6.01. The second-order valence-electron chi connectivity index (χ2n) is 18.9. The van der Waals surface area contributed by atoms with Crippen LogP contribution in [0, 0.1) is 87.8 Å². The molecule has 4 nitrogen and oxygen atoms in total. The minimum atomic E-state index is -1.24. The second kappa shape index (κ2) is 11.1. The Kier molecular flexibility index (Phi) is 7.68. The van der Waals surface area contributed by atoms with E-state index in [2.05, 4.69) is 52.8 Å². The number of aliphatic hydroxyl groups is 2. The average molecular weight is 658 g/mol. The molecule has 0 spiro atoms. The predicted molar refractivity (Wildman–Crippen MR) is 186 cm³/mol. The van der Waals surface area contributed by atoms with Gasteiger partial charge in [-0.25, -0.2) is 4.39 Å². The van der Waals surface area contributed by atoms with Crippen molar-refractivity contribution in [2.24, 2.45) is 80.8 Å². The molecule has 2 N–H and O–H groups in total. The Labute approximate surface area is 287 Å². The summed E-state index contributed by atoms with van der Waals surface area (Å²) in [6.07, 6.45) is 18.5. The number of carbonyl (C=O) groups excluding carboxylic acids is 2. The van der Waals surface area contributed by atoms with E-state index < -0.39 is 35.1 Å². The average Bonchev–Trinajstić information content (AvgIpc) is 3.52. The molecular formula is C43H58FO4. The zero-order valence-corrected chi connectivity index (χ0v) is 29.8. The normalized spacial score (nSPS) is 54.1. The van der Waals surface area contributed by atoms with Gasteiger partial charge in [0.05, 0.1) is 6.10 Å². The summed E-state index contributed by atoms with van der Waals surface area (Å²) < 4.78 is 15.9. The van der Waals surface area contributed by atoms with Crippen LogP contribution in [0.15, 0.2) is 47.6 Å². The van der Waals surface area contributed by atoms with E-state index in [4.69, 9.17) is 0 Å². The molecule has 8 rings (SSSR count). The SMILES string of the molecule is [CH2]C[C@H]1CC[C@H]2[C@@H]3CCC4=CC(C(O)C(=O)[C@H]5[C@H](C)CC6C7C[C@H](F)C8=CC(=O)C=C[C@]8(C)C7[C@@H](O)C[C@@]65C)C=C[C@]4(C)[C@H]3CC[C@]12C. The molecule has 261 valence electrons. The van der Waals surface area contributed by atoms with Crippen molar-refractivity contribution in [3.05, 3.63) is 54.5 Å². The van der Waals surface area contributed by atoms with Crippen LogP contribution in [-0.2, 0) is 9.59 Å². The molecule has 0 amide bonds. The number of hydrogen-bond donors (Lipinski definition) is 2. The Balaban J connectivity index is 1.02. The third-order valence-electron chi connectivity index (χ3n) is 17.0. The molecule has 0 heterocycles. The van der Waals surface area contributed by atoms with Crippen molar-refractivity contribution in [3.63, 3.8) is 0 Å². The molecule has 1 radical (unpaired) electrons. The first-order chi connectivity index (χ1) is 22.7. The van der Waals surface area contributed by atoms with Crippen molar-refractivity contribution in [1.29, 1.82) is 0 Å². The topological polar surface area (TPSA) is 74.6 Å². The fourth-order valence-corrected chi connectivity index (χ4v) is 14.8. The molecule has 5 unspecified atom stereocenters. The van der Waals surface area contributed by atoms with Gasteiger partial charge in [-0.1, -0.05) is 71.4 Å². The van der Waals surface area contributed by atoms with E-state index in [-0.39, 0.29) is 53.0 Å². The van der Waals surface area contributed by atoms with E-state index in [9.17, 15) is 19.8 Å². The van der Waals surface area contributed by atoms with Crippen LogP contribution in [-0.4, -0.2) is 40.2 Å². The van der Waals surface area contributed by atoms with Crippen molar-refractivity contribution in [1.82, 2.24) is 0 Å². The van der Waals surface area contributed by atoms with Crippen LogP contribution in [0.2, 0.25) is 0 Å². The smallest absolute Gasteiger partial charge is 0.178 e. The molecule has 6 fully saturated rings. The molecule has 0 saturated heterocycles. The lowest BCUT2D eigenvalue weighted by Gasteiger charge is -2.59. The number of hydrogen-bond acceptors (Lipinski definition) is 4. The monoisotopic (exact) mass is 657 g/mol. The Hall–Kier alpha value is -1.85. The van der Waals surface area contributed by atoms with Crippen molar-refractivity contribution >= 4 is 11.6 Å². The Morgan fingerprint density at radius 1 is 1.00 bits per heavy atom. The van der Waals surface area contributed by atoms with Gasteiger partial charge in [-0.15, -0.1) is 0 Å². The van der Waals surface area contributed by atoms with Crippen molar-refractivity contribution in [3.8, 4) is 0 Å². The molecule has 0 aromatic rings. The minimum absolute atomic E-state index is 0.0161. The van der Waals surface area contributed by atoms with Crippen LogP contribution in [0.3, 0.4) is 0 Å². The number of ketones is 2. The Morgan fingerprint density at radius 3 is 2.52 bits per heavy atom. The minimum Gasteiger partial charge on any atom is -0.393 e. The third kappa shape index (κ3) is 4.37. The van der Waals surface area contributed by atoms with E-state index in [1.807, 2.05) is 13.0 Å². The first-order valence-corrected chi connectivity index (χ1v) is 19.4. The van der Waals surface area contributed by atoms with Gasteiger partial charge in [0.1, 0.15) is 12.3 Å². The standard InChI is InChI=1S/C43H58FO4/c1-7-25-9-11-30-28-10-8-26-19-24(12-15-41(26,4)31(28)14-17-40(25,30)3)38(47)39(48)36-23(2)18-32-29-21-34(44)33-20-27(45)13-16-42(33,5)37(29)35(46)22-43(32,36)6/h12-13,15-16,19-20,23-25,28-32,34-38,46-47H,1,7-11,14,17-18,21-22H2,2-6H3/t23-,24?,25+,28+,29?,30+,31+,32?,34+,35+,36-,37?,38?,40-,41+,42+,43+/m1/s1. The number of Topliss-reactive ketones (excluding diaryl/α,β-unsaturated/α-hetero) is 1. The van der Waals surface area contributed by atoms with Gasteiger partial charge in [-0.3, -0.25) is 9.59 Å². The van der Waals surface area contributed by atoms with Crippen LogP contribution < -0.4 is 0 Å². The molecule has 0 bridgehead atoms. The molecule has 8 aliphatic rings. The highest BCUT2D eigenvalue weighted by Gasteiger charge is 2.66. The largest absolute Gasteiger partial charge is 0.393 e. The number of halogens is 1. The lowest BCUT2D eigenvalue weighted by atomic mass is 9.46. The van der Waals surface area contributed by atoms with Crippen molar-refractivity contribution in [2.75, 3.05) is 0 Å². The summed E-state index contributed by atoms with van der Waals surface area (Å²) in [4.78, 5) is 26.7. The quantitative estimate of drug-likeness (QED) is 0.299. The Morgan fingerprint density at radius 2 is 1.77 bits per heavy atom. The van der Waals surface area contributed by atoms with Gasteiger partial charge in [-0.05, 0) is 134 Å². The van der Waals surface area contributed by atoms with E-state index in [0.29, 0.717) is 23.3 Å².